The van der Waals surface area contributed by atoms with Crippen LogP contribution in [0.1, 0.15) is 0 Å². The molecular weight excluding hydrogens is 206 g/mol. The lowest BCUT2D eigenvalue weighted by molar-refractivity contribution is 0.0544. The minimum Gasteiger partial charge on any atom is -0.390 e. The number of aliphatic hydroxyl groups excluding tert-OH is 1. The van der Waals surface area contributed by atoms with Crippen LogP contribution in [0.5, 0.6) is 0 Å². The van der Waals surface area contributed by atoms with Crippen LogP contribution < -0.4 is 0 Å². The van der Waals surface area contributed by atoms with Gasteiger partial charge >= 0.3 is 0 Å². The molecule has 0 amide bonds. The number of sulfonamides is 1. The second-order valence-corrected chi connectivity index (χ2v) is 5.15. The molecule has 2 rings (SSSR count). The van der Waals surface area contributed by atoms with Gasteiger partial charge in [-0.3, -0.25) is 4.68 Å². The van der Waals surface area contributed by atoms with Gasteiger partial charge in [0.25, 0.3) is 10.0 Å². The van der Waals surface area contributed by atoms with Crippen molar-refractivity contribution in [3.05, 3.63) is 12.3 Å². The zero-order valence-corrected chi connectivity index (χ0v) is 8.48. The average molecular weight is 217 g/mol. The van der Waals surface area contributed by atoms with E-state index in [0.29, 0.717) is 0 Å². The van der Waals surface area contributed by atoms with Crippen LogP contribution in [0.25, 0.3) is 0 Å². The first kappa shape index (κ1) is 9.63. The Morgan fingerprint density at radius 1 is 1.57 bits per heavy atom. The Kier molecular flexibility index (Phi) is 2.09. The molecule has 1 N–H and O–H groups in total. The summed E-state index contributed by atoms with van der Waals surface area (Å²) in [5.74, 6) is 0. The van der Waals surface area contributed by atoms with E-state index in [1.807, 2.05) is 0 Å². The van der Waals surface area contributed by atoms with E-state index in [1.54, 1.807) is 7.05 Å². The fourth-order valence-electron chi connectivity index (χ4n) is 1.36. The summed E-state index contributed by atoms with van der Waals surface area (Å²) >= 11 is 0. The van der Waals surface area contributed by atoms with E-state index < -0.39 is 16.1 Å². The smallest absolute Gasteiger partial charge is 0.260 e. The molecular formula is C7H11N3O3S. The second kappa shape index (κ2) is 3.04. The largest absolute Gasteiger partial charge is 0.390 e. The van der Waals surface area contributed by atoms with Gasteiger partial charge in [0.2, 0.25) is 0 Å². The SMILES string of the molecule is Cn1nccc1S(=O)(=O)N1CC(O)C1. The highest BCUT2D eigenvalue weighted by molar-refractivity contribution is 7.89. The summed E-state index contributed by atoms with van der Waals surface area (Å²) in [7, 11) is -1.88. The number of hydrogen-bond acceptors (Lipinski definition) is 4. The highest BCUT2D eigenvalue weighted by Crippen LogP contribution is 2.20. The number of aliphatic hydroxyl groups is 1. The highest BCUT2D eigenvalue weighted by atomic mass is 32.2. The van der Waals surface area contributed by atoms with Gasteiger partial charge in [0.1, 0.15) is 0 Å². The standard InChI is InChI=1S/C7H11N3O3S/c1-9-7(2-3-8-9)14(12,13)10-4-6(11)5-10/h2-3,6,11H,4-5H2,1H3. The number of hydrogen-bond donors (Lipinski definition) is 1. The van der Waals surface area contributed by atoms with Crippen molar-refractivity contribution in [1.82, 2.24) is 14.1 Å². The zero-order chi connectivity index (χ0) is 10.3. The van der Waals surface area contributed by atoms with E-state index in [2.05, 4.69) is 5.10 Å². The van der Waals surface area contributed by atoms with Gasteiger partial charge in [-0.2, -0.15) is 9.40 Å². The lowest BCUT2D eigenvalue weighted by Gasteiger charge is -2.34. The van der Waals surface area contributed by atoms with Gasteiger partial charge in [-0.15, -0.1) is 0 Å². The summed E-state index contributed by atoms with van der Waals surface area (Å²) in [6.45, 7) is 0.348. The van der Waals surface area contributed by atoms with E-state index in [4.69, 9.17) is 5.11 Å². The molecule has 0 radical (unpaired) electrons. The first-order valence-electron chi connectivity index (χ1n) is 4.18. The molecule has 14 heavy (non-hydrogen) atoms. The molecule has 1 aliphatic rings. The molecule has 1 aromatic heterocycles. The summed E-state index contributed by atoms with van der Waals surface area (Å²) in [5, 5.41) is 13.0. The molecule has 78 valence electrons. The molecule has 0 saturated carbocycles. The van der Waals surface area contributed by atoms with E-state index in [0.717, 1.165) is 0 Å². The Morgan fingerprint density at radius 2 is 2.21 bits per heavy atom. The van der Waals surface area contributed by atoms with Crippen molar-refractivity contribution in [3.8, 4) is 0 Å². The summed E-state index contributed by atoms with van der Waals surface area (Å²) in [4.78, 5) is 0. The summed E-state index contributed by atoms with van der Waals surface area (Å²) in [6, 6.07) is 1.44. The normalized spacial score (nSPS) is 19.6. The number of β-amino-alcohol motifs (C(OH)–C–C–N with tert-alkyl or cyclic N) is 1. The molecule has 1 saturated heterocycles. The molecule has 1 aromatic rings. The molecule has 0 spiro atoms. The quantitative estimate of drug-likeness (QED) is 0.674. The van der Waals surface area contributed by atoms with Crippen LogP contribution in [-0.2, 0) is 17.1 Å². The zero-order valence-electron chi connectivity index (χ0n) is 7.66. The third kappa shape index (κ3) is 1.33. The predicted molar refractivity (Wildman–Crippen MR) is 48.0 cm³/mol. The van der Waals surface area contributed by atoms with Crippen LogP contribution in [0, 0.1) is 0 Å². The van der Waals surface area contributed by atoms with Gasteiger partial charge in [0.05, 0.1) is 12.3 Å². The minimum atomic E-state index is -3.45. The highest BCUT2D eigenvalue weighted by Gasteiger charge is 2.36. The maximum Gasteiger partial charge on any atom is 0.260 e. The summed E-state index contributed by atoms with van der Waals surface area (Å²) < 4.78 is 26.1. The monoisotopic (exact) mass is 217 g/mol. The minimum absolute atomic E-state index is 0.157. The van der Waals surface area contributed by atoms with Crippen molar-refractivity contribution in [2.45, 2.75) is 11.1 Å². The molecule has 6 nitrogen and oxygen atoms in total. The van der Waals surface area contributed by atoms with Gasteiger partial charge in [0, 0.05) is 20.1 Å². The Bertz CT molecular complexity index is 433. The third-order valence-electron chi connectivity index (χ3n) is 2.21. The fraction of sp³-hybridized carbons (Fsp3) is 0.571. The molecule has 0 bridgehead atoms. The van der Waals surface area contributed by atoms with E-state index in [1.165, 1.54) is 21.3 Å². The van der Waals surface area contributed by atoms with Crippen LogP contribution >= 0.6 is 0 Å². The van der Waals surface area contributed by atoms with E-state index >= 15 is 0 Å². The van der Waals surface area contributed by atoms with E-state index in [-0.39, 0.29) is 18.1 Å². The van der Waals surface area contributed by atoms with Crippen LogP contribution in [0.4, 0.5) is 0 Å². The molecule has 0 aliphatic carbocycles. The third-order valence-corrected chi connectivity index (χ3v) is 4.12. The van der Waals surface area contributed by atoms with Gasteiger partial charge < -0.3 is 5.11 Å². The summed E-state index contributed by atoms with van der Waals surface area (Å²) in [5.41, 5.74) is 0. The maximum atomic E-state index is 11.8. The number of aromatic nitrogens is 2. The van der Waals surface area contributed by atoms with Crippen molar-refractivity contribution < 1.29 is 13.5 Å². The van der Waals surface area contributed by atoms with Crippen LogP contribution in [-0.4, -0.2) is 46.8 Å². The predicted octanol–water partition coefficient (Wildman–Crippen LogP) is -1.21. The molecule has 0 atom stereocenters. The van der Waals surface area contributed by atoms with Crippen molar-refractivity contribution in [3.63, 3.8) is 0 Å². The Labute approximate surface area is 81.8 Å². The molecule has 7 heteroatoms. The van der Waals surface area contributed by atoms with Crippen molar-refractivity contribution in [2.75, 3.05) is 13.1 Å². The first-order chi connectivity index (χ1) is 6.51. The average Bonchev–Trinajstić information content (AvgIpc) is 2.46. The van der Waals surface area contributed by atoms with Crippen molar-refractivity contribution in [2.24, 2.45) is 7.05 Å². The van der Waals surface area contributed by atoms with Crippen LogP contribution in [0.15, 0.2) is 17.3 Å². The van der Waals surface area contributed by atoms with Crippen LogP contribution in [0.3, 0.4) is 0 Å². The van der Waals surface area contributed by atoms with Gasteiger partial charge in [-0.1, -0.05) is 0 Å². The lowest BCUT2D eigenvalue weighted by Crippen LogP contribution is -2.53. The van der Waals surface area contributed by atoms with Crippen molar-refractivity contribution in [1.29, 1.82) is 0 Å². The molecule has 1 fully saturated rings. The number of aryl methyl sites for hydroxylation is 1. The number of nitrogens with zero attached hydrogens (tertiary/aromatic N) is 3. The van der Waals surface area contributed by atoms with Gasteiger partial charge in [-0.25, -0.2) is 8.42 Å². The fourth-order valence-corrected chi connectivity index (χ4v) is 2.98. The lowest BCUT2D eigenvalue weighted by atomic mass is 10.2. The Balaban J connectivity index is 2.30. The summed E-state index contributed by atoms with van der Waals surface area (Å²) in [6.07, 6.45) is 0.904. The van der Waals surface area contributed by atoms with Crippen molar-refractivity contribution >= 4 is 10.0 Å². The Morgan fingerprint density at radius 3 is 2.64 bits per heavy atom. The van der Waals surface area contributed by atoms with E-state index in [9.17, 15) is 8.42 Å². The van der Waals surface area contributed by atoms with Gasteiger partial charge in [-0.05, 0) is 6.07 Å². The first-order valence-corrected chi connectivity index (χ1v) is 5.62. The topological polar surface area (TPSA) is 75.4 Å². The maximum absolute atomic E-state index is 11.8. The molecule has 2 heterocycles. The molecule has 1 aliphatic heterocycles. The second-order valence-electron chi connectivity index (χ2n) is 3.27. The van der Waals surface area contributed by atoms with Crippen LogP contribution in [0.2, 0.25) is 0 Å². The Hall–Kier alpha value is -0.920. The number of rotatable bonds is 2. The molecule has 0 aromatic carbocycles. The molecule has 0 unspecified atom stereocenters. The van der Waals surface area contributed by atoms with Gasteiger partial charge in [0.15, 0.2) is 5.03 Å².